The molecule has 0 aliphatic carbocycles. The molecule has 114 valence electrons. The maximum absolute atomic E-state index is 5.84. The first-order chi connectivity index (χ1) is 11.3. The van der Waals surface area contributed by atoms with Gasteiger partial charge in [0.25, 0.3) is 0 Å². The quantitative estimate of drug-likeness (QED) is 0.457. The predicted molar refractivity (Wildman–Crippen MR) is 87.4 cm³/mol. The average molecular weight is 306 g/mol. The molecule has 0 saturated carbocycles. The summed E-state index contributed by atoms with van der Waals surface area (Å²) in [6.45, 7) is 0.529. The number of aromatic amines is 2. The second kappa shape index (κ2) is 5.41. The first kappa shape index (κ1) is 13.3. The van der Waals surface area contributed by atoms with Gasteiger partial charge in [0, 0.05) is 29.5 Å². The van der Waals surface area contributed by atoms with Gasteiger partial charge in [-0.25, -0.2) is 9.97 Å². The van der Waals surface area contributed by atoms with Crippen LogP contribution in [0.2, 0.25) is 0 Å². The zero-order chi connectivity index (χ0) is 15.6. The van der Waals surface area contributed by atoms with E-state index in [0.717, 1.165) is 28.0 Å². The standard InChI is InChI=1S/C15H14N8/c16-15-21-12-7-9(11-3-4-20-23-11)1-2-10(12)14(22-15)19-8-13-17-5-6-18-13/h1-7H,8H2,(H,17,18)(H,20,23)(H3,16,19,21,22). The number of hydrogen-bond donors (Lipinski definition) is 4. The Labute approximate surface area is 131 Å². The van der Waals surface area contributed by atoms with Crippen molar-refractivity contribution in [2.24, 2.45) is 0 Å². The molecule has 3 heterocycles. The zero-order valence-corrected chi connectivity index (χ0v) is 12.1. The molecule has 5 N–H and O–H groups in total. The molecule has 0 radical (unpaired) electrons. The number of fused-ring (bicyclic) bond motifs is 1. The largest absolute Gasteiger partial charge is 0.368 e. The Morgan fingerprint density at radius 1 is 1.13 bits per heavy atom. The summed E-state index contributed by atoms with van der Waals surface area (Å²) in [5, 5.41) is 11.0. The van der Waals surface area contributed by atoms with Crippen LogP contribution < -0.4 is 11.1 Å². The van der Waals surface area contributed by atoms with Gasteiger partial charge in [0.15, 0.2) is 0 Å². The smallest absolute Gasteiger partial charge is 0.222 e. The Kier molecular flexibility index (Phi) is 3.12. The lowest BCUT2D eigenvalue weighted by Crippen LogP contribution is -2.06. The van der Waals surface area contributed by atoms with Crippen LogP contribution in [-0.4, -0.2) is 30.1 Å². The fraction of sp³-hybridized carbons (Fsp3) is 0.0667. The number of benzene rings is 1. The number of imidazole rings is 1. The van der Waals surface area contributed by atoms with Crippen molar-refractivity contribution in [2.45, 2.75) is 6.54 Å². The van der Waals surface area contributed by atoms with Gasteiger partial charge in [-0.3, -0.25) is 5.10 Å². The zero-order valence-electron chi connectivity index (χ0n) is 12.1. The van der Waals surface area contributed by atoms with E-state index in [9.17, 15) is 0 Å². The van der Waals surface area contributed by atoms with E-state index in [0.29, 0.717) is 12.4 Å². The Hall–Kier alpha value is -3.42. The number of nitrogens with one attached hydrogen (secondary N) is 3. The van der Waals surface area contributed by atoms with Crippen LogP contribution in [0.5, 0.6) is 0 Å². The minimum Gasteiger partial charge on any atom is -0.368 e. The van der Waals surface area contributed by atoms with Crippen molar-refractivity contribution in [2.75, 3.05) is 11.1 Å². The molecule has 0 fully saturated rings. The van der Waals surface area contributed by atoms with Crippen molar-refractivity contribution in [1.82, 2.24) is 30.1 Å². The molecule has 8 heteroatoms. The fourth-order valence-corrected chi connectivity index (χ4v) is 2.43. The molecule has 0 atom stereocenters. The lowest BCUT2D eigenvalue weighted by Gasteiger charge is -2.09. The predicted octanol–water partition coefficient (Wildman–Crippen LogP) is 1.94. The molecule has 0 aliphatic heterocycles. The van der Waals surface area contributed by atoms with Crippen molar-refractivity contribution in [3.05, 3.63) is 48.7 Å². The summed E-state index contributed by atoms with van der Waals surface area (Å²) in [6.07, 6.45) is 5.20. The molecular weight excluding hydrogens is 292 g/mol. The first-order valence-corrected chi connectivity index (χ1v) is 7.09. The van der Waals surface area contributed by atoms with Crippen LogP contribution >= 0.6 is 0 Å². The van der Waals surface area contributed by atoms with E-state index in [1.807, 2.05) is 24.3 Å². The number of anilines is 2. The SMILES string of the molecule is Nc1nc(NCc2ncc[nH]2)c2ccc(-c3ccn[nH]3)cc2n1. The molecule has 0 unspecified atom stereocenters. The lowest BCUT2D eigenvalue weighted by atomic mass is 10.1. The third-order valence-electron chi connectivity index (χ3n) is 3.50. The maximum Gasteiger partial charge on any atom is 0.222 e. The van der Waals surface area contributed by atoms with Crippen molar-refractivity contribution >= 4 is 22.7 Å². The van der Waals surface area contributed by atoms with Crippen LogP contribution in [0.1, 0.15) is 5.82 Å². The van der Waals surface area contributed by atoms with E-state index in [4.69, 9.17) is 5.73 Å². The Bertz CT molecular complexity index is 928. The van der Waals surface area contributed by atoms with Crippen LogP contribution in [0.3, 0.4) is 0 Å². The van der Waals surface area contributed by atoms with E-state index in [1.165, 1.54) is 0 Å². The molecule has 8 nitrogen and oxygen atoms in total. The maximum atomic E-state index is 5.84. The summed E-state index contributed by atoms with van der Waals surface area (Å²) in [7, 11) is 0. The van der Waals surface area contributed by atoms with E-state index in [1.54, 1.807) is 18.6 Å². The molecular formula is C15H14N8. The second-order valence-corrected chi connectivity index (χ2v) is 5.02. The average Bonchev–Trinajstić information content (AvgIpc) is 3.25. The third kappa shape index (κ3) is 2.57. The molecule has 4 aromatic rings. The van der Waals surface area contributed by atoms with E-state index >= 15 is 0 Å². The molecule has 1 aromatic carbocycles. The van der Waals surface area contributed by atoms with Gasteiger partial charge < -0.3 is 16.0 Å². The fourth-order valence-electron chi connectivity index (χ4n) is 2.43. The number of nitrogen functional groups attached to an aromatic ring is 1. The molecule has 0 saturated heterocycles. The summed E-state index contributed by atoms with van der Waals surface area (Å²) in [5.41, 5.74) is 8.52. The highest BCUT2D eigenvalue weighted by molar-refractivity contribution is 5.92. The molecule has 4 rings (SSSR count). The summed E-state index contributed by atoms with van der Waals surface area (Å²) in [5.74, 6) is 1.73. The highest BCUT2D eigenvalue weighted by Gasteiger charge is 2.09. The summed E-state index contributed by atoms with van der Waals surface area (Å²) in [4.78, 5) is 15.8. The van der Waals surface area contributed by atoms with Crippen LogP contribution in [0.15, 0.2) is 42.9 Å². The van der Waals surface area contributed by atoms with E-state index < -0.39 is 0 Å². The molecule has 0 bridgehead atoms. The topological polar surface area (TPSA) is 121 Å². The van der Waals surface area contributed by atoms with E-state index in [-0.39, 0.29) is 5.95 Å². The number of hydrogen-bond acceptors (Lipinski definition) is 6. The summed E-state index contributed by atoms with van der Waals surface area (Å²) >= 11 is 0. The molecule has 0 aliphatic rings. The minimum absolute atomic E-state index is 0.223. The second-order valence-electron chi connectivity index (χ2n) is 5.02. The van der Waals surface area contributed by atoms with Gasteiger partial charge in [-0.05, 0) is 18.2 Å². The van der Waals surface area contributed by atoms with Gasteiger partial charge in [-0.1, -0.05) is 6.07 Å². The molecule has 23 heavy (non-hydrogen) atoms. The first-order valence-electron chi connectivity index (χ1n) is 7.09. The summed E-state index contributed by atoms with van der Waals surface area (Å²) < 4.78 is 0. The van der Waals surface area contributed by atoms with Crippen molar-refractivity contribution in [3.63, 3.8) is 0 Å². The number of aromatic nitrogens is 6. The third-order valence-corrected chi connectivity index (χ3v) is 3.50. The Morgan fingerprint density at radius 3 is 2.87 bits per heavy atom. The highest BCUT2D eigenvalue weighted by Crippen LogP contribution is 2.26. The number of nitrogens with two attached hydrogens (primary N) is 1. The Balaban J connectivity index is 1.73. The van der Waals surface area contributed by atoms with Crippen LogP contribution in [0, 0.1) is 0 Å². The highest BCUT2D eigenvalue weighted by atomic mass is 15.1. The van der Waals surface area contributed by atoms with E-state index in [2.05, 4.69) is 35.5 Å². The monoisotopic (exact) mass is 306 g/mol. The van der Waals surface area contributed by atoms with Gasteiger partial charge in [0.2, 0.25) is 5.95 Å². The van der Waals surface area contributed by atoms with Crippen LogP contribution in [0.25, 0.3) is 22.2 Å². The minimum atomic E-state index is 0.223. The van der Waals surface area contributed by atoms with Gasteiger partial charge >= 0.3 is 0 Å². The van der Waals surface area contributed by atoms with Crippen molar-refractivity contribution in [1.29, 1.82) is 0 Å². The molecule has 3 aromatic heterocycles. The van der Waals surface area contributed by atoms with Gasteiger partial charge in [-0.2, -0.15) is 10.1 Å². The number of nitrogens with zero attached hydrogens (tertiary/aromatic N) is 4. The van der Waals surface area contributed by atoms with Crippen molar-refractivity contribution < 1.29 is 0 Å². The lowest BCUT2D eigenvalue weighted by molar-refractivity contribution is 0.989. The van der Waals surface area contributed by atoms with Crippen LogP contribution in [-0.2, 0) is 6.54 Å². The van der Waals surface area contributed by atoms with Crippen LogP contribution in [0.4, 0.5) is 11.8 Å². The molecule has 0 amide bonds. The molecule has 0 spiro atoms. The van der Waals surface area contributed by atoms with Gasteiger partial charge in [-0.15, -0.1) is 0 Å². The van der Waals surface area contributed by atoms with Gasteiger partial charge in [0.05, 0.1) is 17.8 Å². The van der Waals surface area contributed by atoms with Crippen molar-refractivity contribution in [3.8, 4) is 11.3 Å². The summed E-state index contributed by atoms with van der Waals surface area (Å²) in [6, 6.07) is 7.82. The normalized spacial score (nSPS) is 11.0. The van der Waals surface area contributed by atoms with Gasteiger partial charge in [0.1, 0.15) is 11.6 Å². The number of rotatable bonds is 4. The Morgan fingerprint density at radius 2 is 2.09 bits per heavy atom. The number of H-pyrrole nitrogens is 2.